The van der Waals surface area contributed by atoms with E-state index in [1.165, 1.54) is 0 Å². The molecular formula is C25H24N2O5. The lowest BCUT2D eigenvalue weighted by molar-refractivity contribution is -0.123. The van der Waals surface area contributed by atoms with E-state index in [4.69, 9.17) is 19.2 Å². The third-order valence-electron chi connectivity index (χ3n) is 6.00. The van der Waals surface area contributed by atoms with Crippen LogP contribution in [0.4, 0.5) is 5.69 Å². The van der Waals surface area contributed by atoms with Crippen LogP contribution >= 0.6 is 0 Å². The van der Waals surface area contributed by atoms with Crippen LogP contribution in [0.15, 0.2) is 42.5 Å². The van der Waals surface area contributed by atoms with Crippen LogP contribution in [0.3, 0.4) is 0 Å². The first kappa shape index (κ1) is 20.3. The largest absolute Gasteiger partial charge is 0.454 e. The number of fused-ring (bicyclic) bond motifs is 3. The van der Waals surface area contributed by atoms with Crippen molar-refractivity contribution in [2.45, 2.75) is 39.2 Å². The van der Waals surface area contributed by atoms with Crippen molar-refractivity contribution < 1.29 is 23.8 Å². The van der Waals surface area contributed by atoms with Crippen LogP contribution < -0.4 is 14.8 Å². The Morgan fingerprint density at radius 3 is 2.84 bits per heavy atom. The molecule has 1 aromatic heterocycles. The number of nitrogens with one attached hydrogen (secondary N) is 1. The molecule has 0 unspecified atom stereocenters. The molecule has 1 amide bonds. The molecule has 7 heteroatoms. The van der Waals surface area contributed by atoms with E-state index in [0.29, 0.717) is 28.7 Å². The average molecular weight is 432 g/mol. The standard InChI is InChI=1S/C25H24N2O5/c1-14-7-9-20-18(11-14)23(17-5-3-4-6-19(17)27-20)25(29)32-15(2)24(28)26-16-8-10-21-22(12-16)31-13-30-21/h3-6,8,10,12,14-15H,7,9,11,13H2,1-2H3,(H,26,28)/t14-,15-/m0/s1. The second kappa shape index (κ2) is 8.15. The molecule has 0 fully saturated rings. The van der Waals surface area contributed by atoms with Crippen LogP contribution in [0, 0.1) is 5.92 Å². The van der Waals surface area contributed by atoms with Crippen molar-refractivity contribution >= 4 is 28.5 Å². The van der Waals surface area contributed by atoms with E-state index < -0.39 is 18.0 Å². The highest BCUT2D eigenvalue weighted by Gasteiger charge is 2.28. The molecule has 2 heterocycles. The van der Waals surface area contributed by atoms with Gasteiger partial charge < -0.3 is 19.5 Å². The summed E-state index contributed by atoms with van der Waals surface area (Å²) in [7, 11) is 0. The number of esters is 1. The van der Waals surface area contributed by atoms with Gasteiger partial charge in [-0.2, -0.15) is 0 Å². The number of para-hydroxylation sites is 1. The van der Waals surface area contributed by atoms with Crippen molar-refractivity contribution in [1.29, 1.82) is 0 Å². The van der Waals surface area contributed by atoms with Gasteiger partial charge in [-0.1, -0.05) is 25.1 Å². The quantitative estimate of drug-likeness (QED) is 0.620. The zero-order valence-corrected chi connectivity index (χ0v) is 18.0. The normalized spacial score (nSPS) is 17.5. The first-order chi connectivity index (χ1) is 15.5. The molecule has 7 nitrogen and oxygen atoms in total. The van der Waals surface area contributed by atoms with Crippen molar-refractivity contribution in [3.05, 3.63) is 59.3 Å². The van der Waals surface area contributed by atoms with Gasteiger partial charge in [0, 0.05) is 22.8 Å². The fourth-order valence-corrected chi connectivity index (χ4v) is 4.29. The zero-order chi connectivity index (χ0) is 22.2. The van der Waals surface area contributed by atoms with E-state index in [9.17, 15) is 9.59 Å². The Hall–Kier alpha value is -3.61. The van der Waals surface area contributed by atoms with E-state index in [0.717, 1.165) is 41.4 Å². The Labute approximate surface area is 185 Å². The molecule has 0 saturated heterocycles. The molecule has 1 N–H and O–H groups in total. The van der Waals surface area contributed by atoms with Gasteiger partial charge in [-0.25, -0.2) is 4.79 Å². The number of hydrogen-bond acceptors (Lipinski definition) is 6. The lowest BCUT2D eigenvalue weighted by Gasteiger charge is -2.24. The fraction of sp³-hybridized carbons (Fsp3) is 0.320. The van der Waals surface area contributed by atoms with Gasteiger partial charge in [-0.05, 0) is 55.9 Å². The molecule has 32 heavy (non-hydrogen) atoms. The van der Waals surface area contributed by atoms with Crippen LogP contribution in [0.5, 0.6) is 11.5 Å². The molecule has 3 aromatic rings. The molecule has 0 radical (unpaired) electrons. The molecule has 0 saturated carbocycles. The highest BCUT2D eigenvalue weighted by Crippen LogP contribution is 2.35. The number of carbonyl (C=O) groups excluding carboxylic acids is 2. The predicted molar refractivity (Wildman–Crippen MR) is 119 cm³/mol. The number of carbonyl (C=O) groups is 2. The van der Waals surface area contributed by atoms with E-state index in [2.05, 4.69) is 12.2 Å². The molecule has 0 bridgehead atoms. The minimum atomic E-state index is -0.975. The highest BCUT2D eigenvalue weighted by molar-refractivity contribution is 6.06. The summed E-state index contributed by atoms with van der Waals surface area (Å²) >= 11 is 0. The fourth-order valence-electron chi connectivity index (χ4n) is 4.29. The molecule has 0 spiro atoms. The topological polar surface area (TPSA) is 86.8 Å². The second-order valence-electron chi connectivity index (χ2n) is 8.38. The van der Waals surface area contributed by atoms with Crippen molar-refractivity contribution in [2.24, 2.45) is 5.92 Å². The number of amides is 1. The number of aryl methyl sites for hydroxylation is 1. The molecule has 2 atom stereocenters. The van der Waals surface area contributed by atoms with Gasteiger partial charge in [0.05, 0.1) is 11.1 Å². The van der Waals surface area contributed by atoms with Crippen LogP contribution in [0.2, 0.25) is 0 Å². The maximum absolute atomic E-state index is 13.3. The lowest BCUT2D eigenvalue weighted by atomic mass is 9.84. The van der Waals surface area contributed by atoms with Crippen molar-refractivity contribution in [1.82, 2.24) is 4.98 Å². The molecule has 2 aliphatic rings. The Kier molecular flexibility index (Phi) is 5.17. The third-order valence-corrected chi connectivity index (χ3v) is 6.00. The van der Waals surface area contributed by atoms with Gasteiger partial charge in [0.1, 0.15) is 0 Å². The maximum atomic E-state index is 13.3. The van der Waals surface area contributed by atoms with Gasteiger partial charge in [-0.3, -0.25) is 9.78 Å². The first-order valence-electron chi connectivity index (χ1n) is 10.8. The average Bonchev–Trinajstić information content (AvgIpc) is 3.25. The summed E-state index contributed by atoms with van der Waals surface area (Å²) in [4.78, 5) is 30.8. The molecule has 2 aromatic carbocycles. The summed E-state index contributed by atoms with van der Waals surface area (Å²) in [5.41, 5.74) is 3.73. The summed E-state index contributed by atoms with van der Waals surface area (Å²) in [6, 6.07) is 12.7. The highest BCUT2D eigenvalue weighted by atomic mass is 16.7. The van der Waals surface area contributed by atoms with Gasteiger partial charge in [0.15, 0.2) is 17.6 Å². The molecule has 1 aliphatic heterocycles. The number of ether oxygens (including phenoxy) is 3. The van der Waals surface area contributed by atoms with E-state index in [-0.39, 0.29) is 6.79 Å². The van der Waals surface area contributed by atoms with Crippen LogP contribution in [0.1, 0.15) is 41.9 Å². The van der Waals surface area contributed by atoms with Crippen LogP contribution in [0.25, 0.3) is 10.9 Å². The molecule has 5 rings (SSSR count). The lowest BCUT2D eigenvalue weighted by Crippen LogP contribution is -2.31. The Morgan fingerprint density at radius 1 is 1.16 bits per heavy atom. The van der Waals surface area contributed by atoms with Gasteiger partial charge >= 0.3 is 5.97 Å². The summed E-state index contributed by atoms with van der Waals surface area (Å²) in [6.07, 6.45) is 1.68. The van der Waals surface area contributed by atoms with Crippen molar-refractivity contribution in [2.75, 3.05) is 12.1 Å². The van der Waals surface area contributed by atoms with E-state index in [1.54, 1.807) is 25.1 Å². The van der Waals surface area contributed by atoms with Crippen molar-refractivity contribution in [3.63, 3.8) is 0 Å². The smallest absolute Gasteiger partial charge is 0.339 e. The number of benzene rings is 2. The van der Waals surface area contributed by atoms with E-state index in [1.807, 2.05) is 24.3 Å². The SMILES string of the molecule is C[C@H]1CCc2nc3ccccc3c(C(=O)O[C@@H](C)C(=O)Nc3ccc4c(c3)OCO4)c2C1. The number of pyridine rings is 1. The monoisotopic (exact) mass is 432 g/mol. The number of rotatable bonds is 4. The van der Waals surface area contributed by atoms with E-state index >= 15 is 0 Å². The summed E-state index contributed by atoms with van der Waals surface area (Å²) in [5, 5.41) is 3.53. The van der Waals surface area contributed by atoms with Crippen LogP contribution in [-0.4, -0.2) is 29.8 Å². The Balaban J connectivity index is 1.38. The number of anilines is 1. The summed E-state index contributed by atoms with van der Waals surface area (Å²) in [6.45, 7) is 3.90. The van der Waals surface area contributed by atoms with Gasteiger partial charge in [-0.15, -0.1) is 0 Å². The van der Waals surface area contributed by atoms with Crippen LogP contribution in [-0.2, 0) is 22.4 Å². The number of nitrogens with zero attached hydrogens (tertiary/aromatic N) is 1. The molecule has 1 aliphatic carbocycles. The third kappa shape index (κ3) is 3.75. The second-order valence-corrected chi connectivity index (χ2v) is 8.38. The minimum Gasteiger partial charge on any atom is -0.454 e. The van der Waals surface area contributed by atoms with Gasteiger partial charge in [0.25, 0.3) is 5.91 Å². The number of aromatic nitrogens is 1. The zero-order valence-electron chi connectivity index (χ0n) is 18.0. The molecular weight excluding hydrogens is 408 g/mol. The summed E-state index contributed by atoms with van der Waals surface area (Å²) < 4.78 is 16.3. The number of hydrogen-bond donors (Lipinski definition) is 1. The Morgan fingerprint density at radius 2 is 1.97 bits per heavy atom. The van der Waals surface area contributed by atoms with Crippen molar-refractivity contribution in [3.8, 4) is 11.5 Å². The minimum absolute atomic E-state index is 0.156. The maximum Gasteiger partial charge on any atom is 0.339 e. The Bertz CT molecular complexity index is 1220. The van der Waals surface area contributed by atoms with Gasteiger partial charge in [0.2, 0.25) is 6.79 Å². The summed E-state index contributed by atoms with van der Waals surface area (Å²) in [5.74, 6) is 0.742. The first-order valence-corrected chi connectivity index (χ1v) is 10.8. The predicted octanol–water partition coefficient (Wildman–Crippen LogP) is 4.27. The molecule has 164 valence electrons.